The Hall–Kier alpha value is -1.65. The van der Waals surface area contributed by atoms with Crippen LogP contribution in [0.2, 0.25) is 0 Å². The zero-order valence-corrected chi connectivity index (χ0v) is 4.90. The van der Waals surface area contributed by atoms with Crippen molar-refractivity contribution in [3.63, 3.8) is 0 Å². The van der Waals surface area contributed by atoms with Crippen LogP contribution in [0, 0.1) is 0 Å². The molecule has 0 spiro atoms. The van der Waals surface area contributed by atoms with Gasteiger partial charge in [-0.25, -0.2) is 0 Å². The number of ketones is 1. The van der Waals surface area contributed by atoms with Gasteiger partial charge < -0.3 is 10.8 Å². The number of rotatable bonds is 3. The van der Waals surface area contributed by atoms with Gasteiger partial charge in [0.25, 0.3) is 11.7 Å². The minimum atomic E-state index is -1.27. The van der Waals surface area contributed by atoms with Gasteiger partial charge in [0, 0.05) is 0 Å². The molecule has 0 rings (SSSR count). The molecule has 5 nitrogen and oxygen atoms in total. The maximum atomic E-state index is 10.4. The van der Waals surface area contributed by atoms with Gasteiger partial charge in [0.2, 0.25) is 0 Å². The minimum absolute atomic E-state index is 0.0487. The van der Waals surface area contributed by atoms with Crippen molar-refractivity contribution in [3.05, 3.63) is 11.8 Å². The lowest BCUT2D eigenvalue weighted by Crippen LogP contribution is -2.25. The van der Waals surface area contributed by atoms with Crippen molar-refractivity contribution in [3.8, 4) is 0 Å². The Balaban J connectivity index is 4.48. The average Bonchev–Trinajstić information content (AvgIpc) is 1.90. The molecule has 0 aromatic rings. The van der Waals surface area contributed by atoms with Crippen molar-refractivity contribution in [1.82, 2.24) is 0 Å². The summed E-state index contributed by atoms with van der Waals surface area (Å²) in [5.41, 5.74) is 3.84. The molecular formula is C5H5NO4. The average molecular weight is 143 g/mol. The number of amides is 1. The quantitative estimate of drug-likeness (QED) is 0.128. The summed E-state index contributed by atoms with van der Waals surface area (Å²) in [6, 6.07) is 0. The van der Waals surface area contributed by atoms with E-state index in [0.717, 1.165) is 0 Å². The lowest BCUT2D eigenvalue weighted by molar-refractivity contribution is -0.134. The van der Waals surface area contributed by atoms with Gasteiger partial charge in [-0.1, -0.05) is 0 Å². The summed E-state index contributed by atoms with van der Waals surface area (Å²) in [7, 11) is 0. The van der Waals surface area contributed by atoms with Crippen LogP contribution in [0.4, 0.5) is 0 Å². The summed E-state index contributed by atoms with van der Waals surface area (Å²) >= 11 is 0. The molecule has 1 amide bonds. The van der Waals surface area contributed by atoms with E-state index in [1.54, 1.807) is 0 Å². The number of aliphatic hydroxyl groups is 1. The van der Waals surface area contributed by atoms with Crippen LogP contribution in [0.15, 0.2) is 11.8 Å². The number of hydrogen-bond acceptors (Lipinski definition) is 4. The standard InChI is InChI=1S/C5H5NO4/c6-5(10)4(9)3(1-7)2-8/h1-2,7H,(H2,6,10)/b3-1+. The Morgan fingerprint density at radius 1 is 1.40 bits per heavy atom. The first-order valence-electron chi connectivity index (χ1n) is 2.27. The molecule has 0 saturated heterocycles. The largest absolute Gasteiger partial charge is 0.515 e. The first kappa shape index (κ1) is 8.35. The molecule has 54 valence electrons. The molecule has 0 aliphatic carbocycles. The van der Waals surface area contributed by atoms with Gasteiger partial charge in [0.1, 0.15) is 5.57 Å². The predicted molar refractivity (Wildman–Crippen MR) is 31.0 cm³/mol. The highest BCUT2D eigenvalue weighted by atomic mass is 16.2. The molecule has 10 heavy (non-hydrogen) atoms. The van der Waals surface area contributed by atoms with Crippen molar-refractivity contribution in [2.75, 3.05) is 0 Å². The van der Waals surface area contributed by atoms with Crippen LogP contribution in [-0.2, 0) is 14.4 Å². The molecule has 0 fully saturated rings. The fraction of sp³-hybridized carbons (Fsp3) is 0. The second-order valence-electron chi connectivity index (χ2n) is 1.40. The summed E-state index contributed by atoms with van der Waals surface area (Å²) in [4.78, 5) is 30.2. The first-order chi connectivity index (χ1) is 4.63. The summed E-state index contributed by atoms with van der Waals surface area (Å²) in [5.74, 6) is -2.47. The van der Waals surface area contributed by atoms with Gasteiger partial charge in [-0.3, -0.25) is 14.4 Å². The second kappa shape index (κ2) is 3.39. The van der Waals surface area contributed by atoms with Gasteiger partial charge in [0.15, 0.2) is 6.29 Å². The summed E-state index contributed by atoms with van der Waals surface area (Å²) < 4.78 is 0. The van der Waals surface area contributed by atoms with E-state index in [-0.39, 0.29) is 12.5 Å². The molecule has 0 atom stereocenters. The molecule has 0 bridgehead atoms. The lowest BCUT2D eigenvalue weighted by Gasteiger charge is -1.88. The topological polar surface area (TPSA) is 97.5 Å². The van der Waals surface area contributed by atoms with Crippen LogP contribution >= 0.6 is 0 Å². The first-order valence-corrected chi connectivity index (χ1v) is 2.27. The van der Waals surface area contributed by atoms with Crippen molar-refractivity contribution in [2.45, 2.75) is 0 Å². The molecule has 0 aromatic carbocycles. The number of primary amides is 1. The van der Waals surface area contributed by atoms with E-state index >= 15 is 0 Å². The monoisotopic (exact) mass is 143 g/mol. The Labute approximate surface area is 56.1 Å². The molecule has 0 aromatic heterocycles. The number of nitrogens with two attached hydrogens (primary N) is 1. The second-order valence-corrected chi connectivity index (χ2v) is 1.40. The number of aldehydes is 1. The molecule has 5 heteroatoms. The van der Waals surface area contributed by atoms with Crippen LogP contribution in [-0.4, -0.2) is 23.1 Å². The third-order valence-corrected chi connectivity index (χ3v) is 0.752. The third-order valence-electron chi connectivity index (χ3n) is 0.752. The summed E-state index contributed by atoms with van der Waals surface area (Å²) in [6.45, 7) is 0. The number of carbonyl (C=O) groups is 3. The molecule has 0 radical (unpaired) electrons. The van der Waals surface area contributed by atoms with Crippen LogP contribution in [0.3, 0.4) is 0 Å². The van der Waals surface area contributed by atoms with Crippen LogP contribution < -0.4 is 5.73 Å². The van der Waals surface area contributed by atoms with Crippen molar-refractivity contribution < 1.29 is 19.5 Å². The molecule has 0 aliphatic rings. The van der Waals surface area contributed by atoms with E-state index in [0.29, 0.717) is 0 Å². The minimum Gasteiger partial charge on any atom is -0.515 e. The number of carbonyl (C=O) groups excluding carboxylic acids is 3. The van der Waals surface area contributed by atoms with Gasteiger partial charge >= 0.3 is 0 Å². The van der Waals surface area contributed by atoms with Gasteiger partial charge in [-0.05, 0) is 0 Å². The fourth-order valence-electron chi connectivity index (χ4n) is 0.285. The van der Waals surface area contributed by atoms with Crippen LogP contribution in [0.25, 0.3) is 0 Å². The Bertz CT molecular complexity index is 206. The number of aliphatic hydroxyl groups excluding tert-OH is 1. The maximum Gasteiger partial charge on any atom is 0.290 e. The lowest BCUT2D eigenvalue weighted by atomic mass is 10.2. The Kier molecular flexibility index (Phi) is 2.83. The highest BCUT2D eigenvalue weighted by Gasteiger charge is 2.14. The van der Waals surface area contributed by atoms with Gasteiger partial charge in [-0.15, -0.1) is 0 Å². The van der Waals surface area contributed by atoms with E-state index < -0.39 is 17.3 Å². The van der Waals surface area contributed by atoms with Crippen molar-refractivity contribution in [2.24, 2.45) is 5.73 Å². The highest BCUT2D eigenvalue weighted by Crippen LogP contribution is 1.88. The zero-order valence-electron chi connectivity index (χ0n) is 4.90. The smallest absolute Gasteiger partial charge is 0.290 e. The highest BCUT2D eigenvalue weighted by molar-refractivity contribution is 6.46. The van der Waals surface area contributed by atoms with Crippen molar-refractivity contribution >= 4 is 18.0 Å². The molecule has 0 saturated carbocycles. The normalized spacial score (nSPS) is 10.6. The molecule has 0 unspecified atom stereocenters. The molecular weight excluding hydrogens is 138 g/mol. The van der Waals surface area contributed by atoms with E-state index in [4.69, 9.17) is 5.11 Å². The SMILES string of the molecule is NC(=O)C(=O)/C(C=O)=C/O. The van der Waals surface area contributed by atoms with Gasteiger partial charge in [0.05, 0.1) is 6.26 Å². The fourth-order valence-corrected chi connectivity index (χ4v) is 0.285. The van der Waals surface area contributed by atoms with E-state index in [1.807, 2.05) is 0 Å². The predicted octanol–water partition coefficient (Wildman–Crippen LogP) is -1.32. The Morgan fingerprint density at radius 3 is 2.00 bits per heavy atom. The van der Waals surface area contributed by atoms with E-state index in [9.17, 15) is 14.4 Å². The Morgan fingerprint density at radius 2 is 1.90 bits per heavy atom. The number of hydrogen-bond donors (Lipinski definition) is 2. The van der Waals surface area contributed by atoms with E-state index in [1.165, 1.54) is 0 Å². The van der Waals surface area contributed by atoms with Crippen molar-refractivity contribution in [1.29, 1.82) is 0 Å². The van der Waals surface area contributed by atoms with Crippen LogP contribution in [0.1, 0.15) is 0 Å². The summed E-state index contributed by atoms with van der Waals surface area (Å²) in [5, 5.41) is 8.12. The third kappa shape index (κ3) is 1.70. The molecule has 3 N–H and O–H groups in total. The molecule has 0 aliphatic heterocycles. The van der Waals surface area contributed by atoms with Gasteiger partial charge in [-0.2, -0.15) is 0 Å². The van der Waals surface area contributed by atoms with Crippen LogP contribution in [0.5, 0.6) is 0 Å². The summed E-state index contributed by atoms with van der Waals surface area (Å²) in [6.07, 6.45) is 0.285. The molecule has 0 heterocycles. The van der Waals surface area contributed by atoms with E-state index in [2.05, 4.69) is 5.73 Å². The zero-order chi connectivity index (χ0) is 8.15. The maximum absolute atomic E-state index is 10.4. The number of Topliss-reactive ketones (excluding diaryl/α,β-unsaturated/α-hetero) is 1.